The molecule has 122 valence electrons. The van der Waals surface area contributed by atoms with Gasteiger partial charge in [-0.3, -0.25) is 0 Å². The van der Waals surface area contributed by atoms with Crippen molar-refractivity contribution in [3.63, 3.8) is 0 Å². The topological polar surface area (TPSA) is 88.7 Å². The van der Waals surface area contributed by atoms with Gasteiger partial charge in [0.05, 0.1) is 42.4 Å². The SMILES string of the molecule is N#Cc1cccc(-c2cccc3[nH]c(C4CN(C#N)CCO4)nc23)c1. The lowest BCUT2D eigenvalue weighted by atomic mass is 10.0. The molecule has 1 aliphatic rings. The van der Waals surface area contributed by atoms with Gasteiger partial charge in [-0.1, -0.05) is 24.3 Å². The van der Waals surface area contributed by atoms with Crippen LogP contribution in [0.4, 0.5) is 0 Å². The maximum Gasteiger partial charge on any atom is 0.179 e. The van der Waals surface area contributed by atoms with Gasteiger partial charge in [0.15, 0.2) is 6.19 Å². The van der Waals surface area contributed by atoms with Gasteiger partial charge in [-0.15, -0.1) is 0 Å². The summed E-state index contributed by atoms with van der Waals surface area (Å²) in [5, 5.41) is 18.2. The summed E-state index contributed by atoms with van der Waals surface area (Å²) in [6, 6.07) is 15.6. The van der Waals surface area contributed by atoms with E-state index in [2.05, 4.69) is 17.2 Å². The highest BCUT2D eigenvalue weighted by Gasteiger charge is 2.24. The summed E-state index contributed by atoms with van der Waals surface area (Å²) in [7, 11) is 0. The quantitative estimate of drug-likeness (QED) is 0.730. The van der Waals surface area contributed by atoms with Crippen LogP contribution >= 0.6 is 0 Å². The molecule has 1 saturated heterocycles. The molecule has 0 aliphatic carbocycles. The number of aromatic nitrogens is 2. The maximum atomic E-state index is 9.13. The zero-order valence-electron chi connectivity index (χ0n) is 13.4. The van der Waals surface area contributed by atoms with Gasteiger partial charge >= 0.3 is 0 Å². The summed E-state index contributed by atoms with van der Waals surface area (Å²) in [6.45, 7) is 1.61. The Labute approximate surface area is 144 Å². The van der Waals surface area contributed by atoms with E-state index < -0.39 is 0 Å². The molecule has 6 heteroatoms. The van der Waals surface area contributed by atoms with Crippen LogP contribution in [0.5, 0.6) is 0 Å². The monoisotopic (exact) mass is 329 g/mol. The number of H-pyrrole nitrogens is 1. The number of ether oxygens (including phenoxy) is 1. The smallest absolute Gasteiger partial charge is 0.179 e. The predicted octanol–water partition coefficient (Wildman–Crippen LogP) is 2.96. The van der Waals surface area contributed by atoms with Crippen molar-refractivity contribution in [2.75, 3.05) is 19.7 Å². The number of nitrogens with zero attached hydrogens (tertiary/aromatic N) is 4. The molecule has 1 aliphatic heterocycles. The van der Waals surface area contributed by atoms with Crippen molar-refractivity contribution >= 4 is 11.0 Å². The predicted molar refractivity (Wildman–Crippen MR) is 92.1 cm³/mol. The van der Waals surface area contributed by atoms with Crippen LogP contribution in [0.1, 0.15) is 17.5 Å². The minimum atomic E-state index is -0.251. The third kappa shape index (κ3) is 2.80. The van der Waals surface area contributed by atoms with Gasteiger partial charge in [0.1, 0.15) is 11.9 Å². The molecule has 1 atom stereocenters. The van der Waals surface area contributed by atoms with E-state index >= 15 is 0 Å². The van der Waals surface area contributed by atoms with Gasteiger partial charge in [-0.2, -0.15) is 10.5 Å². The number of nitriles is 2. The largest absolute Gasteiger partial charge is 0.367 e. The lowest BCUT2D eigenvalue weighted by Gasteiger charge is -2.27. The summed E-state index contributed by atoms with van der Waals surface area (Å²) in [4.78, 5) is 9.73. The first-order chi connectivity index (χ1) is 12.3. The second kappa shape index (κ2) is 6.27. The number of rotatable bonds is 2. The third-order valence-electron chi connectivity index (χ3n) is 4.35. The zero-order valence-corrected chi connectivity index (χ0v) is 13.4. The van der Waals surface area contributed by atoms with Crippen LogP contribution in [-0.4, -0.2) is 34.6 Å². The van der Waals surface area contributed by atoms with E-state index in [9.17, 15) is 0 Å². The molecule has 0 amide bonds. The fourth-order valence-electron chi connectivity index (χ4n) is 3.10. The van der Waals surface area contributed by atoms with Crippen molar-refractivity contribution < 1.29 is 4.74 Å². The molecular weight excluding hydrogens is 314 g/mol. The molecule has 1 aromatic heterocycles. The van der Waals surface area contributed by atoms with E-state index in [1.165, 1.54) is 0 Å². The number of aromatic amines is 1. The summed E-state index contributed by atoms with van der Waals surface area (Å²) in [6.07, 6.45) is 1.92. The fraction of sp³-hybridized carbons (Fsp3) is 0.211. The number of nitrogens with one attached hydrogen (secondary N) is 1. The molecule has 1 N–H and O–H groups in total. The number of hydrogen-bond acceptors (Lipinski definition) is 5. The van der Waals surface area contributed by atoms with Crippen molar-refractivity contribution in [3.8, 4) is 23.4 Å². The molecule has 6 nitrogen and oxygen atoms in total. The van der Waals surface area contributed by atoms with Crippen LogP contribution < -0.4 is 0 Å². The molecule has 0 spiro atoms. The second-order valence-corrected chi connectivity index (χ2v) is 5.92. The van der Waals surface area contributed by atoms with Crippen molar-refractivity contribution in [2.24, 2.45) is 0 Å². The van der Waals surface area contributed by atoms with Crippen molar-refractivity contribution in [3.05, 3.63) is 53.9 Å². The first-order valence-electron chi connectivity index (χ1n) is 8.04. The highest BCUT2D eigenvalue weighted by atomic mass is 16.5. The van der Waals surface area contributed by atoms with Crippen LogP contribution in [0.3, 0.4) is 0 Å². The Morgan fingerprint density at radius 2 is 2.08 bits per heavy atom. The highest BCUT2D eigenvalue weighted by Crippen LogP contribution is 2.30. The normalized spacial score (nSPS) is 17.2. The maximum absolute atomic E-state index is 9.13. The average Bonchev–Trinajstić information content (AvgIpc) is 3.12. The lowest BCUT2D eigenvalue weighted by molar-refractivity contribution is -0.0153. The second-order valence-electron chi connectivity index (χ2n) is 5.92. The fourth-order valence-corrected chi connectivity index (χ4v) is 3.10. The molecule has 1 fully saturated rings. The Kier molecular flexibility index (Phi) is 3.81. The van der Waals surface area contributed by atoms with Crippen LogP contribution in [-0.2, 0) is 4.74 Å². The molecule has 1 unspecified atom stereocenters. The van der Waals surface area contributed by atoms with Crippen molar-refractivity contribution in [1.29, 1.82) is 10.5 Å². The van der Waals surface area contributed by atoms with E-state index in [1.54, 1.807) is 11.0 Å². The van der Waals surface area contributed by atoms with Crippen molar-refractivity contribution in [2.45, 2.75) is 6.10 Å². The summed E-state index contributed by atoms with van der Waals surface area (Å²) in [5.74, 6) is 0.721. The summed E-state index contributed by atoms with van der Waals surface area (Å²) >= 11 is 0. The summed E-state index contributed by atoms with van der Waals surface area (Å²) < 4.78 is 5.78. The molecule has 25 heavy (non-hydrogen) atoms. The van der Waals surface area contributed by atoms with Gasteiger partial charge in [0.25, 0.3) is 0 Å². The highest BCUT2D eigenvalue weighted by molar-refractivity contribution is 5.92. The molecular formula is C19H15N5O. The Bertz CT molecular complexity index is 1010. The number of imidazole rings is 1. The first kappa shape index (κ1) is 15.2. The molecule has 2 heterocycles. The van der Waals surface area contributed by atoms with Gasteiger partial charge in [0, 0.05) is 5.56 Å². The summed E-state index contributed by atoms with van der Waals surface area (Å²) in [5.41, 5.74) is 4.28. The standard InChI is InChI=1S/C19H15N5O/c20-10-13-3-1-4-14(9-13)15-5-2-6-16-18(15)23-19(22-16)17-11-24(12-21)7-8-25-17/h1-6,9,17H,7-8,11H2,(H,22,23). The van der Waals surface area contributed by atoms with Crippen LogP contribution in [0.15, 0.2) is 42.5 Å². The van der Waals surface area contributed by atoms with Crippen molar-refractivity contribution in [1.82, 2.24) is 14.9 Å². The number of hydrogen-bond donors (Lipinski definition) is 1. The number of fused-ring (bicyclic) bond motifs is 1. The Morgan fingerprint density at radius 3 is 2.92 bits per heavy atom. The number of morpholine rings is 1. The minimum Gasteiger partial charge on any atom is -0.367 e. The molecule has 4 rings (SSSR count). The Balaban J connectivity index is 1.76. The average molecular weight is 329 g/mol. The molecule has 0 bridgehead atoms. The van der Waals surface area contributed by atoms with Gasteiger partial charge in [-0.05, 0) is 23.8 Å². The number of para-hydroxylation sites is 1. The van der Waals surface area contributed by atoms with E-state index in [4.69, 9.17) is 20.2 Å². The Hall–Kier alpha value is -3.35. The third-order valence-corrected chi connectivity index (χ3v) is 4.35. The molecule has 2 aromatic carbocycles. The minimum absolute atomic E-state index is 0.251. The lowest BCUT2D eigenvalue weighted by Crippen LogP contribution is -2.35. The van der Waals surface area contributed by atoms with Crippen LogP contribution in [0, 0.1) is 22.8 Å². The Morgan fingerprint density at radius 1 is 1.20 bits per heavy atom. The molecule has 0 saturated carbocycles. The van der Waals surface area contributed by atoms with E-state index in [0.29, 0.717) is 25.3 Å². The van der Waals surface area contributed by atoms with Crippen LogP contribution in [0.25, 0.3) is 22.2 Å². The number of benzene rings is 2. The molecule has 3 aromatic rings. The van der Waals surface area contributed by atoms with Gasteiger partial charge in [0.2, 0.25) is 0 Å². The van der Waals surface area contributed by atoms with Crippen LogP contribution in [0.2, 0.25) is 0 Å². The van der Waals surface area contributed by atoms with E-state index in [1.807, 2.05) is 36.4 Å². The van der Waals surface area contributed by atoms with E-state index in [-0.39, 0.29) is 6.10 Å². The zero-order chi connectivity index (χ0) is 17.2. The van der Waals surface area contributed by atoms with Gasteiger partial charge < -0.3 is 14.6 Å². The van der Waals surface area contributed by atoms with Gasteiger partial charge in [-0.25, -0.2) is 4.98 Å². The van der Waals surface area contributed by atoms with E-state index in [0.717, 1.165) is 28.0 Å². The first-order valence-corrected chi connectivity index (χ1v) is 8.04. The molecule has 0 radical (unpaired) electrons.